The maximum Gasteiger partial charge on any atom is 0.242 e. The first-order valence-corrected chi connectivity index (χ1v) is 9.30. The zero-order chi connectivity index (χ0) is 15.5. The molecule has 1 fully saturated rings. The van der Waals surface area contributed by atoms with Gasteiger partial charge in [0.1, 0.15) is 0 Å². The van der Waals surface area contributed by atoms with E-state index < -0.39 is 10.0 Å². The first kappa shape index (κ1) is 16.5. The number of sulfonamides is 1. The van der Waals surface area contributed by atoms with Gasteiger partial charge in [-0.1, -0.05) is 13.3 Å². The van der Waals surface area contributed by atoms with Gasteiger partial charge in [0.25, 0.3) is 0 Å². The van der Waals surface area contributed by atoms with Crippen LogP contribution in [0.25, 0.3) is 0 Å². The Hall–Kier alpha value is -0.850. The Balaban J connectivity index is 2.07. The lowest BCUT2D eigenvalue weighted by Crippen LogP contribution is -2.37. The van der Waals surface area contributed by atoms with Crippen LogP contribution in [0.15, 0.2) is 17.2 Å². The molecule has 1 aliphatic rings. The number of aliphatic hydroxyl groups excluding tert-OH is 1. The molecule has 1 aromatic heterocycles. The number of nitrogens with zero attached hydrogens (tertiary/aromatic N) is 1. The van der Waals surface area contributed by atoms with Crippen molar-refractivity contribution < 1.29 is 13.5 Å². The highest BCUT2D eigenvalue weighted by Gasteiger charge is 2.26. The standard InChI is InChI=1S/C15H26N2O3S/c1-3-12-5-7-13(8-6-12)16-21(19,20)15-9-14(11-18)17(4-2)10-15/h9-10,12-13,16,18H,3-8,11H2,1-2H3. The van der Waals surface area contributed by atoms with Gasteiger partial charge in [-0.2, -0.15) is 0 Å². The van der Waals surface area contributed by atoms with E-state index in [1.807, 2.05) is 6.92 Å². The quantitative estimate of drug-likeness (QED) is 0.846. The largest absolute Gasteiger partial charge is 0.390 e. The predicted octanol–water partition coefficient (Wildman–Crippen LogP) is 2.25. The monoisotopic (exact) mass is 314 g/mol. The molecule has 1 heterocycles. The van der Waals surface area contributed by atoms with Gasteiger partial charge in [-0.05, 0) is 44.6 Å². The molecule has 2 N–H and O–H groups in total. The third kappa shape index (κ3) is 3.87. The van der Waals surface area contributed by atoms with Gasteiger partial charge in [0.2, 0.25) is 10.0 Å². The summed E-state index contributed by atoms with van der Waals surface area (Å²) in [5.74, 6) is 0.743. The molecule has 120 valence electrons. The zero-order valence-electron chi connectivity index (χ0n) is 12.9. The number of aliphatic hydroxyl groups is 1. The molecule has 0 aliphatic heterocycles. The van der Waals surface area contributed by atoms with E-state index in [-0.39, 0.29) is 17.5 Å². The molecule has 1 saturated carbocycles. The fourth-order valence-corrected chi connectivity index (χ4v) is 4.44. The Morgan fingerprint density at radius 3 is 2.43 bits per heavy atom. The summed E-state index contributed by atoms with van der Waals surface area (Å²) in [4.78, 5) is 0.256. The van der Waals surface area contributed by atoms with E-state index in [1.54, 1.807) is 16.8 Å². The van der Waals surface area contributed by atoms with E-state index in [2.05, 4.69) is 11.6 Å². The number of aryl methyl sites for hydroxylation is 1. The minimum atomic E-state index is -3.49. The number of rotatable bonds is 6. The number of aromatic nitrogens is 1. The van der Waals surface area contributed by atoms with E-state index >= 15 is 0 Å². The molecule has 21 heavy (non-hydrogen) atoms. The van der Waals surface area contributed by atoms with Gasteiger partial charge < -0.3 is 9.67 Å². The third-order valence-electron chi connectivity index (χ3n) is 4.52. The first-order valence-electron chi connectivity index (χ1n) is 7.82. The van der Waals surface area contributed by atoms with E-state index in [4.69, 9.17) is 0 Å². The highest BCUT2D eigenvalue weighted by Crippen LogP contribution is 2.27. The van der Waals surface area contributed by atoms with Crippen molar-refractivity contribution in [3.8, 4) is 0 Å². The third-order valence-corrected chi connectivity index (χ3v) is 6.01. The highest BCUT2D eigenvalue weighted by atomic mass is 32.2. The van der Waals surface area contributed by atoms with Crippen LogP contribution in [-0.2, 0) is 23.2 Å². The Kier molecular flexibility index (Phi) is 5.46. The number of hydrogen-bond donors (Lipinski definition) is 2. The van der Waals surface area contributed by atoms with Crippen molar-refractivity contribution in [1.82, 2.24) is 9.29 Å². The fraction of sp³-hybridized carbons (Fsp3) is 0.733. The molecule has 2 rings (SSSR count). The van der Waals surface area contributed by atoms with Gasteiger partial charge in [0.15, 0.2) is 0 Å². The molecule has 0 amide bonds. The van der Waals surface area contributed by atoms with Crippen LogP contribution in [0.2, 0.25) is 0 Å². The lowest BCUT2D eigenvalue weighted by atomic mass is 9.85. The van der Waals surface area contributed by atoms with Gasteiger partial charge >= 0.3 is 0 Å². The second-order valence-corrected chi connectivity index (χ2v) is 7.57. The van der Waals surface area contributed by atoms with Gasteiger partial charge in [-0.3, -0.25) is 0 Å². The van der Waals surface area contributed by atoms with Crippen molar-refractivity contribution in [3.63, 3.8) is 0 Å². The van der Waals surface area contributed by atoms with Crippen LogP contribution in [0.4, 0.5) is 0 Å². The molecule has 0 spiro atoms. The van der Waals surface area contributed by atoms with E-state index in [9.17, 15) is 13.5 Å². The van der Waals surface area contributed by atoms with Crippen molar-refractivity contribution in [2.24, 2.45) is 5.92 Å². The first-order chi connectivity index (χ1) is 10.00. The molecule has 0 saturated heterocycles. The van der Waals surface area contributed by atoms with E-state index in [1.165, 1.54) is 6.42 Å². The molecular formula is C15H26N2O3S. The SMILES string of the molecule is CCC1CCC(NS(=O)(=O)c2cc(CO)n(CC)c2)CC1. The van der Waals surface area contributed by atoms with Crippen molar-refractivity contribution >= 4 is 10.0 Å². The summed E-state index contributed by atoms with van der Waals surface area (Å²) in [6.45, 7) is 4.62. The molecule has 0 radical (unpaired) electrons. The second kappa shape index (κ2) is 6.94. The fourth-order valence-electron chi connectivity index (χ4n) is 3.07. The van der Waals surface area contributed by atoms with Crippen LogP contribution in [-0.4, -0.2) is 24.1 Å². The lowest BCUT2D eigenvalue weighted by Gasteiger charge is -2.28. The smallest absolute Gasteiger partial charge is 0.242 e. The van der Waals surface area contributed by atoms with Gasteiger partial charge in [0, 0.05) is 24.5 Å². The van der Waals surface area contributed by atoms with Gasteiger partial charge in [-0.25, -0.2) is 13.1 Å². The van der Waals surface area contributed by atoms with Crippen molar-refractivity contribution in [2.45, 2.75) is 70.0 Å². The molecular weight excluding hydrogens is 288 g/mol. The zero-order valence-corrected chi connectivity index (χ0v) is 13.7. The van der Waals surface area contributed by atoms with E-state index in [0.717, 1.165) is 31.6 Å². The molecule has 0 atom stereocenters. The number of nitrogens with one attached hydrogen (secondary N) is 1. The predicted molar refractivity (Wildman–Crippen MR) is 82.4 cm³/mol. The van der Waals surface area contributed by atoms with Crippen LogP contribution in [0, 0.1) is 5.92 Å². The molecule has 0 bridgehead atoms. The van der Waals surface area contributed by atoms with Crippen molar-refractivity contribution in [2.75, 3.05) is 0 Å². The molecule has 6 heteroatoms. The average Bonchev–Trinajstić information content (AvgIpc) is 2.92. The maximum atomic E-state index is 12.4. The Bertz CT molecular complexity index is 536. The molecule has 1 aromatic rings. The lowest BCUT2D eigenvalue weighted by molar-refractivity contribution is 0.271. The minimum Gasteiger partial charge on any atom is -0.390 e. The minimum absolute atomic E-state index is 0.0420. The molecule has 0 unspecified atom stereocenters. The van der Waals surface area contributed by atoms with Gasteiger partial charge in [0.05, 0.1) is 11.5 Å². The van der Waals surface area contributed by atoms with E-state index in [0.29, 0.717) is 12.2 Å². The normalized spacial score (nSPS) is 23.4. The molecule has 0 aromatic carbocycles. The molecule has 1 aliphatic carbocycles. The van der Waals surface area contributed by atoms with Crippen LogP contribution in [0.3, 0.4) is 0 Å². The summed E-state index contributed by atoms with van der Waals surface area (Å²) < 4.78 is 29.5. The van der Waals surface area contributed by atoms with Crippen LogP contribution >= 0.6 is 0 Å². The summed E-state index contributed by atoms with van der Waals surface area (Å²) in [5.41, 5.74) is 0.632. The summed E-state index contributed by atoms with van der Waals surface area (Å²) in [6, 6.07) is 1.60. The molecule has 5 nitrogen and oxygen atoms in total. The summed E-state index contributed by atoms with van der Waals surface area (Å²) in [7, 11) is -3.49. The second-order valence-electron chi connectivity index (χ2n) is 5.86. The summed E-state index contributed by atoms with van der Waals surface area (Å²) in [6.07, 6.45) is 6.81. The van der Waals surface area contributed by atoms with Crippen molar-refractivity contribution in [3.05, 3.63) is 18.0 Å². The Morgan fingerprint density at radius 1 is 1.29 bits per heavy atom. The number of hydrogen-bond acceptors (Lipinski definition) is 3. The van der Waals surface area contributed by atoms with Crippen molar-refractivity contribution in [1.29, 1.82) is 0 Å². The Morgan fingerprint density at radius 2 is 1.95 bits per heavy atom. The Labute approximate surface area is 127 Å². The van der Waals surface area contributed by atoms with Crippen LogP contribution < -0.4 is 4.72 Å². The van der Waals surface area contributed by atoms with Crippen LogP contribution in [0.5, 0.6) is 0 Å². The summed E-state index contributed by atoms with van der Waals surface area (Å²) >= 11 is 0. The van der Waals surface area contributed by atoms with Crippen LogP contribution in [0.1, 0.15) is 51.6 Å². The van der Waals surface area contributed by atoms with Gasteiger partial charge in [-0.15, -0.1) is 0 Å². The highest BCUT2D eigenvalue weighted by molar-refractivity contribution is 7.89. The summed E-state index contributed by atoms with van der Waals surface area (Å²) in [5, 5.41) is 9.27. The average molecular weight is 314 g/mol. The topological polar surface area (TPSA) is 71.3 Å². The maximum absolute atomic E-state index is 12.4.